The number of rotatable bonds is 6. The van der Waals surface area contributed by atoms with Crippen LogP contribution < -0.4 is 5.32 Å². The van der Waals surface area contributed by atoms with E-state index in [9.17, 15) is 4.79 Å². The van der Waals surface area contributed by atoms with E-state index in [1.807, 2.05) is 55.1 Å². The smallest absolute Gasteiger partial charge is 0.264 e. The molecule has 0 radical (unpaired) electrons. The van der Waals surface area contributed by atoms with E-state index in [-0.39, 0.29) is 5.91 Å². The Kier molecular flexibility index (Phi) is 4.93. The fourth-order valence-corrected chi connectivity index (χ4v) is 2.73. The Morgan fingerprint density at radius 1 is 1.38 bits per heavy atom. The van der Waals surface area contributed by atoms with Gasteiger partial charge in [-0.05, 0) is 25.8 Å². The number of carbonyl (C=O) groups excluding carboxylic acids is 1. The number of nitrogens with zero attached hydrogens (tertiary/aromatic N) is 3. The van der Waals surface area contributed by atoms with Gasteiger partial charge in [0.15, 0.2) is 0 Å². The maximum atomic E-state index is 12.2. The fourth-order valence-electron chi connectivity index (χ4n) is 2.73. The lowest BCUT2D eigenvalue weighted by molar-refractivity contribution is -0.131. The first-order valence-electron chi connectivity index (χ1n) is 8.26. The molecule has 0 saturated carbocycles. The standard InChI is InChI=1S/C18H22N4O2/c1-3-22-12-15(13(2)20-22)16-11-17(24-21-16)18(23)19-10-9-14-7-5-4-6-8-14/h4-8,12,17H,3,9-11H2,1-2H3,(H,19,23)/t17-/m1/s1. The maximum Gasteiger partial charge on any atom is 0.264 e. The lowest BCUT2D eigenvalue weighted by Gasteiger charge is -2.09. The van der Waals surface area contributed by atoms with Crippen LogP contribution >= 0.6 is 0 Å². The molecule has 0 fully saturated rings. The Morgan fingerprint density at radius 3 is 2.88 bits per heavy atom. The Balaban J connectivity index is 1.50. The number of carbonyl (C=O) groups is 1. The van der Waals surface area contributed by atoms with Gasteiger partial charge in [0.1, 0.15) is 0 Å². The van der Waals surface area contributed by atoms with Crippen molar-refractivity contribution in [3.05, 3.63) is 53.3 Å². The molecule has 1 N–H and O–H groups in total. The third-order valence-electron chi connectivity index (χ3n) is 4.10. The largest absolute Gasteiger partial charge is 0.382 e. The summed E-state index contributed by atoms with van der Waals surface area (Å²) in [5, 5.41) is 11.4. The normalized spacial score (nSPS) is 16.6. The van der Waals surface area contributed by atoms with Gasteiger partial charge in [-0.15, -0.1) is 0 Å². The van der Waals surface area contributed by atoms with Gasteiger partial charge in [-0.25, -0.2) is 0 Å². The molecule has 1 atom stereocenters. The summed E-state index contributed by atoms with van der Waals surface area (Å²) in [6.45, 7) is 5.37. The SMILES string of the molecule is CCn1cc(C2=NO[C@@H](C(=O)NCCc3ccccc3)C2)c(C)n1. The van der Waals surface area contributed by atoms with Crippen LogP contribution in [0.25, 0.3) is 0 Å². The summed E-state index contributed by atoms with van der Waals surface area (Å²) < 4.78 is 1.86. The number of nitrogens with one attached hydrogen (secondary N) is 1. The highest BCUT2D eigenvalue weighted by molar-refractivity contribution is 6.04. The summed E-state index contributed by atoms with van der Waals surface area (Å²) in [6.07, 6.45) is 2.68. The van der Waals surface area contributed by atoms with Gasteiger partial charge in [0.25, 0.3) is 5.91 Å². The van der Waals surface area contributed by atoms with Crippen molar-refractivity contribution >= 4 is 11.6 Å². The first-order chi connectivity index (χ1) is 11.7. The van der Waals surface area contributed by atoms with E-state index in [4.69, 9.17) is 4.84 Å². The predicted octanol–water partition coefficient (Wildman–Crippen LogP) is 2.06. The van der Waals surface area contributed by atoms with Gasteiger partial charge in [-0.3, -0.25) is 9.48 Å². The van der Waals surface area contributed by atoms with Gasteiger partial charge in [0.05, 0.1) is 11.4 Å². The number of amides is 1. The Hall–Kier alpha value is -2.63. The lowest BCUT2D eigenvalue weighted by atomic mass is 10.1. The van der Waals surface area contributed by atoms with Crippen molar-refractivity contribution < 1.29 is 9.63 Å². The molecule has 0 spiro atoms. The first kappa shape index (κ1) is 16.2. The number of aromatic nitrogens is 2. The molecule has 2 heterocycles. The molecule has 126 valence electrons. The Labute approximate surface area is 141 Å². The molecule has 0 saturated heterocycles. The Morgan fingerprint density at radius 2 is 2.17 bits per heavy atom. The van der Waals surface area contributed by atoms with Crippen molar-refractivity contribution in [1.29, 1.82) is 0 Å². The molecular formula is C18H22N4O2. The first-order valence-corrected chi connectivity index (χ1v) is 8.26. The molecule has 0 bridgehead atoms. The molecular weight excluding hydrogens is 304 g/mol. The van der Waals surface area contributed by atoms with Crippen LogP contribution in [0.1, 0.15) is 30.2 Å². The second kappa shape index (κ2) is 7.29. The Bertz CT molecular complexity index is 737. The zero-order valence-electron chi connectivity index (χ0n) is 14.0. The van der Waals surface area contributed by atoms with Crippen molar-refractivity contribution in [3.8, 4) is 0 Å². The highest BCUT2D eigenvalue weighted by Gasteiger charge is 2.30. The highest BCUT2D eigenvalue weighted by atomic mass is 16.6. The minimum Gasteiger partial charge on any atom is -0.382 e. The second-order valence-electron chi connectivity index (χ2n) is 5.85. The summed E-state index contributed by atoms with van der Waals surface area (Å²) in [7, 11) is 0. The van der Waals surface area contributed by atoms with Crippen LogP contribution in [-0.4, -0.2) is 34.0 Å². The third-order valence-corrected chi connectivity index (χ3v) is 4.10. The molecule has 2 aromatic rings. The molecule has 1 aromatic heterocycles. The maximum absolute atomic E-state index is 12.2. The lowest BCUT2D eigenvalue weighted by Crippen LogP contribution is -2.36. The average molecular weight is 326 g/mol. The van der Waals surface area contributed by atoms with E-state index in [0.29, 0.717) is 13.0 Å². The van der Waals surface area contributed by atoms with Crippen molar-refractivity contribution in [2.45, 2.75) is 39.3 Å². The van der Waals surface area contributed by atoms with Gasteiger partial charge in [0.2, 0.25) is 6.10 Å². The van der Waals surface area contributed by atoms with Crippen molar-refractivity contribution in [2.75, 3.05) is 6.54 Å². The zero-order chi connectivity index (χ0) is 16.9. The van der Waals surface area contributed by atoms with Gasteiger partial charge in [-0.1, -0.05) is 35.5 Å². The van der Waals surface area contributed by atoms with Crippen molar-refractivity contribution in [3.63, 3.8) is 0 Å². The zero-order valence-corrected chi connectivity index (χ0v) is 14.0. The van der Waals surface area contributed by atoms with E-state index in [1.165, 1.54) is 5.56 Å². The number of benzene rings is 1. The molecule has 3 rings (SSSR count). The van der Waals surface area contributed by atoms with Gasteiger partial charge >= 0.3 is 0 Å². The van der Waals surface area contributed by atoms with Crippen LogP contribution in [0.4, 0.5) is 0 Å². The predicted molar refractivity (Wildman–Crippen MR) is 91.8 cm³/mol. The molecule has 1 aliphatic rings. The summed E-state index contributed by atoms with van der Waals surface area (Å²) in [6, 6.07) is 10.1. The molecule has 6 heteroatoms. The van der Waals surface area contributed by atoms with Gasteiger partial charge in [0, 0.05) is 31.3 Å². The van der Waals surface area contributed by atoms with Crippen LogP contribution in [0.2, 0.25) is 0 Å². The third kappa shape index (κ3) is 3.64. The van der Waals surface area contributed by atoms with E-state index in [0.717, 1.165) is 29.9 Å². The van der Waals surface area contributed by atoms with Crippen LogP contribution in [0, 0.1) is 6.92 Å². The molecule has 24 heavy (non-hydrogen) atoms. The van der Waals surface area contributed by atoms with Crippen LogP contribution in [-0.2, 0) is 22.6 Å². The number of aryl methyl sites for hydroxylation is 2. The molecule has 1 aliphatic heterocycles. The fraction of sp³-hybridized carbons (Fsp3) is 0.389. The van der Waals surface area contributed by atoms with E-state index in [1.54, 1.807) is 0 Å². The van der Waals surface area contributed by atoms with Gasteiger partial charge < -0.3 is 10.2 Å². The second-order valence-corrected chi connectivity index (χ2v) is 5.85. The summed E-state index contributed by atoms with van der Waals surface area (Å²) in [4.78, 5) is 17.5. The minimum absolute atomic E-state index is 0.120. The van der Waals surface area contributed by atoms with Crippen LogP contribution in [0.15, 0.2) is 41.7 Å². The van der Waals surface area contributed by atoms with Crippen molar-refractivity contribution in [2.24, 2.45) is 5.16 Å². The molecule has 0 aliphatic carbocycles. The molecule has 1 amide bonds. The van der Waals surface area contributed by atoms with E-state index < -0.39 is 6.10 Å². The minimum atomic E-state index is -0.555. The van der Waals surface area contributed by atoms with Crippen LogP contribution in [0.5, 0.6) is 0 Å². The van der Waals surface area contributed by atoms with Crippen molar-refractivity contribution in [1.82, 2.24) is 15.1 Å². The highest BCUT2D eigenvalue weighted by Crippen LogP contribution is 2.19. The molecule has 6 nitrogen and oxygen atoms in total. The van der Waals surface area contributed by atoms with Crippen LogP contribution in [0.3, 0.4) is 0 Å². The summed E-state index contributed by atoms with van der Waals surface area (Å²) in [5.74, 6) is -0.120. The van der Waals surface area contributed by atoms with Gasteiger partial charge in [-0.2, -0.15) is 5.10 Å². The van der Waals surface area contributed by atoms with E-state index in [2.05, 4.69) is 15.6 Å². The topological polar surface area (TPSA) is 68.5 Å². The number of hydrogen-bond acceptors (Lipinski definition) is 4. The molecule has 1 aromatic carbocycles. The quantitative estimate of drug-likeness (QED) is 0.883. The number of oxime groups is 1. The van der Waals surface area contributed by atoms with E-state index >= 15 is 0 Å². The summed E-state index contributed by atoms with van der Waals surface area (Å²) in [5.41, 5.74) is 3.85. The molecule has 0 unspecified atom stereocenters. The number of hydrogen-bond donors (Lipinski definition) is 1. The summed E-state index contributed by atoms with van der Waals surface area (Å²) >= 11 is 0. The average Bonchev–Trinajstić information content (AvgIpc) is 3.22. The monoisotopic (exact) mass is 326 g/mol.